The summed E-state index contributed by atoms with van der Waals surface area (Å²) < 4.78 is 5.16. The zero-order valence-electron chi connectivity index (χ0n) is 8.83. The van der Waals surface area contributed by atoms with Gasteiger partial charge in [0.05, 0.1) is 0 Å². The first-order chi connectivity index (χ1) is 7.88. The van der Waals surface area contributed by atoms with Crippen LogP contribution in [-0.4, -0.2) is 34.6 Å². The molecule has 0 spiro atoms. The lowest BCUT2D eigenvalue weighted by Crippen LogP contribution is -2.23. The summed E-state index contributed by atoms with van der Waals surface area (Å²) in [4.78, 5) is 14.7. The molecule has 0 saturated carbocycles. The molecule has 1 unspecified atom stereocenters. The second kappa shape index (κ2) is 3.71. The third-order valence-electron chi connectivity index (χ3n) is 3.03. The topological polar surface area (TPSA) is 81.1 Å². The Kier molecular flexibility index (Phi) is 2.21. The van der Waals surface area contributed by atoms with E-state index in [0.717, 1.165) is 37.4 Å². The average molecular weight is 219 g/mol. The van der Waals surface area contributed by atoms with Crippen molar-refractivity contribution >= 4 is 17.0 Å². The highest BCUT2D eigenvalue weighted by Crippen LogP contribution is 2.26. The SMILES string of the molecule is NCC1CCN(c2ncnc3ocnc23)C1. The fraction of sp³-hybridized carbons (Fsp3) is 0.500. The van der Waals surface area contributed by atoms with Crippen LogP contribution in [0.25, 0.3) is 11.2 Å². The first kappa shape index (κ1) is 9.53. The molecule has 2 N–H and O–H groups in total. The van der Waals surface area contributed by atoms with Gasteiger partial charge in [-0.15, -0.1) is 0 Å². The smallest absolute Gasteiger partial charge is 0.252 e. The van der Waals surface area contributed by atoms with E-state index in [4.69, 9.17) is 10.2 Å². The van der Waals surface area contributed by atoms with Gasteiger partial charge in [-0.05, 0) is 18.9 Å². The molecule has 2 aromatic heterocycles. The molecule has 16 heavy (non-hydrogen) atoms. The van der Waals surface area contributed by atoms with E-state index in [-0.39, 0.29) is 0 Å². The molecule has 0 aromatic carbocycles. The van der Waals surface area contributed by atoms with Crippen molar-refractivity contribution in [3.63, 3.8) is 0 Å². The fourth-order valence-electron chi connectivity index (χ4n) is 2.13. The van der Waals surface area contributed by atoms with Gasteiger partial charge in [0.15, 0.2) is 17.7 Å². The maximum Gasteiger partial charge on any atom is 0.252 e. The third-order valence-corrected chi connectivity index (χ3v) is 3.03. The van der Waals surface area contributed by atoms with Gasteiger partial charge in [-0.3, -0.25) is 0 Å². The predicted molar refractivity (Wildman–Crippen MR) is 59.0 cm³/mol. The Balaban J connectivity index is 1.97. The molecule has 3 heterocycles. The van der Waals surface area contributed by atoms with Crippen molar-refractivity contribution in [2.24, 2.45) is 11.7 Å². The van der Waals surface area contributed by atoms with Gasteiger partial charge in [0, 0.05) is 13.1 Å². The molecule has 1 atom stereocenters. The maximum atomic E-state index is 5.67. The third kappa shape index (κ3) is 1.42. The Bertz CT molecular complexity index is 497. The molecule has 84 valence electrons. The number of nitrogens with zero attached hydrogens (tertiary/aromatic N) is 4. The lowest BCUT2D eigenvalue weighted by Gasteiger charge is -2.16. The van der Waals surface area contributed by atoms with E-state index in [2.05, 4.69) is 19.9 Å². The van der Waals surface area contributed by atoms with Crippen LogP contribution in [0.5, 0.6) is 0 Å². The zero-order valence-corrected chi connectivity index (χ0v) is 8.83. The first-order valence-corrected chi connectivity index (χ1v) is 5.37. The van der Waals surface area contributed by atoms with Crippen molar-refractivity contribution in [3.8, 4) is 0 Å². The van der Waals surface area contributed by atoms with E-state index >= 15 is 0 Å². The number of rotatable bonds is 2. The van der Waals surface area contributed by atoms with Crippen LogP contribution in [-0.2, 0) is 0 Å². The lowest BCUT2D eigenvalue weighted by molar-refractivity contribution is 0.590. The molecule has 1 fully saturated rings. The van der Waals surface area contributed by atoms with Gasteiger partial charge < -0.3 is 15.1 Å². The zero-order chi connectivity index (χ0) is 11.0. The average Bonchev–Trinajstić information content (AvgIpc) is 2.97. The molecule has 0 radical (unpaired) electrons. The van der Waals surface area contributed by atoms with Gasteiger partial charge in [-0.25, -0.2) is 9.97 Å². The minimum Gasteiger partial charge on any atom is -0.425 e. The summed E-state index contributed by atoms with van der Waals surface area (Å²) in [5, 5.41) is 0. The highest BCUT2D eigenvalue weighted by Gasteiger charge is 2.24. The molecular formula is C10H13N5O. The van der Waals surface area contributed by atoms with E-state index < -0.39 is 0 Å². The maximum absolute atomic E-state index is 5.67. The Morgan fingerprint density at radius 1 is 1.44 bits per heavy atom. The van der Waals surface area contributed by atoms with E-state index in [1.54, 1.807) is 0 Å². The largest absolute Gasteiger partial charge is 0.425 e. The summed E-state index contributed by atoms with van der Waals surface area (Å²) in [6.45, 7) is 2.64. The van der Waals surface area contributed by atoms with E-state index in [1.165, 1.54) is 12.7 Å². The highest BCUT2D eigenvalue weighted by molar-refractivity contribution is 5.81. The summed E-state index contributed by atoms with van der Waals surface area (Å²) in [5.41, 5.74) is 6.95. The van der Waals surface area contributed by atoms with Crippen LogP contribution in [0.4, 0.5) is 5.82 Å². The van der Waals surface area contributed by atoms with Gasteiger partial charge in [0.2, 0.25) is 0 Å². The van der Waals surface area contributed by atoms with Crippen molar-refractivity contribution in [3.05, 3.63) is 12.7 Å². The molecule has 3 rings (SSSR count). The van der Waals surface area contributed by atoms with E-state index in [1.807, 2.05) is 0 Å². The summed E-state index contributed by atoms with van der Waals surface area (Å²) in [5.74, 6) is 1.41. The molecule has 6 nitrogen and oxygen atoms in total. The van der Waals surface area contributed by atoms with Crippen molar-refractivity contribution in [2.45, 2.75) is 6.42 Å². The van der Waals surface area contributed by atoms with E-state index in [0.29, 0.717) is 11.6 Å². The molecule has 1 aliphatic rings. The predicted octanol–water partition coefficient (Wildman–Crippen LogP) is 0.403. The van der Waals surface area contributed by atoms with Crippen LogP contribution >= 0.6 is 0 Å². The number of oxazole rings is 1. The Labute approximate surface area is 92.5 Å². The standard InChI is InChI=1S/C10H13N5O/c11-3-7-1-2-15(4-7)9-8-10(13-5-12-9)16-6-14-8/h5-7H,1-4,11H2. The van der Waals surface area contributed by atoms with Crippen LogP contribution in [0.3, 0.4) is 0 Å². The first-order valence-electron chi connectivity index (χ1n) is 5.37. The van der Waals surface area contributed by atoms with Crippen LogP contribution in [0.2, 0.25) is 0 Å². The number of aromatic nitrogens is 3. The number of hydrogen-bond donors (Lipinski definition) is 1. The molecule has 6 heteroatoms. The van der Waals surface area contributed by atoms with Gasteiger partial charge in [0.25, 0.3) is 5.71 Å². The Morgan fingerprint density at radius 2 is 2.38 bits per heavy atom. The number of nitrogens with two attached hydrogens (primary N) is 1. The molecule has 0 bridgehead atoms. The molecule has 2 aromatic rings. The monoisotopic (exact) mass is 219 g/mol. The van der Waals surface area contributed by atoms with Gasteiger partial charge in [0.1, 0.15) is 6.33 Å². The normalized spacial score (nSPS) is 20.8. The van der Waals surface area contributed by atoms with Crippen molar-refractivity contribution in [1.82, 2.24) is 15.0 Å². The van der Waals surface area contributed by atoms with Crippen molar-refractivity contribution < 1.29 is 4.42 Å². The summed E-state index contributed by atoms with van der Waals surface area (Å²) in [7, 11) is 0. The van der Waals surface area contributed by atoms with E-state index in [9.17, 15) is 0 Å². The molecule has 0 amide bonds. The number of hydrogen-bond acceptors (Lipinski definition) is 6. The minimum absolute atomic E-state index is 0.543. The van der Waals surface area contributed by atoms with Crippen LogP contribution < -0.4 is 10.6 Å². The lowest BCUT2D eigenvalue weighted by atomic mass is 10.1. The minimum atomic E-state index is 0.543. The van der Waals surface area contributed by atoms with Gasteiger partial charge in [-0.2, -0.15) is 4.98 Å². The Hall–Kier alpha value is -1.69. The van der Waals surface area contributed by atoms with Crippen LogP contribution in [0, 0.1) is 5.92 Å². The number of fused-ring (bicyclic) bond motifs is 1. The quantitative estimate of drug-likeness (QED) is 0.787. The second-order valence-corrected chi connectivity index (χ2v) is 4.04. The van der Waals surface area contributed by atoms with Gasteiger partial charge >= 0.3 is 0 Å². The second-order valence-electron chi connectivity index (χ2n) is 4.04. The van der Waals surface area contributed by atoms with Crippen LogP contribution in [0.15, 0.2) is 17.1 Å². The highest BCUT2D eigenvalue weighted by atomic mass is 16.3. The Morgan fingerprint density at radius 3 is 3.19 bits per heavy atom. The van der Waals surface area contributed by atoms with Crippen molar-refractivity contribution in [1.29, 1.82) is 0 Å². The molecule has 1 aliphatic heterocycles. The molecule has 1 saturated heterocycles. The molecule has 0 aliphatic carbocycles. The summed E-state index contributed by atoms with van der Waals surface area (Å²) in [6.07, 6.45) is 4.03. The summed E-state index contributed by atoms with van der Waals surface area (Å²) >= 11 is 0. The van der Waals surface area contributed by atoms with Crippen molar-refractivity contribution in [2.75, 3.05) is 24.5 Å². The van der Waals surface area contributed by atoms with Crippen LogP contribution in [0.1, 0.15) is 6.42 Å². The summed E-state index contributed by atoms with van der Waals surface area (Å²) in [6, 6.07) is 0. The molecular weight excluding hydrogens is 206 g/mol. The number of anilines is 1. The van der Waals surface area contributed by atoms with Gasteiger partial charge in [-0.1, -0.05) is 0 Å². The fourth-order valence-corrected chi connectivity index (χ4v) is 2.13.